The van der Waals surface area contributed by atoms with Gasteiger partial charge in [0.25, 0.3) is 5.89 Å². The molecule has 0 saturated heterocycles. The summed E-state index contributed by atoms with van der Waals surface area (Å²) >= 11 is 6.69. The number of para-hydroxylation sites is 1. The van der Waals surface area contributed by atoms with Crippen LogP contribution in [0.2, 0.25) is 0 Å². The van der Waals surface area contributed by atoms with Crippen molar-refractivity contribution in [2.75, 3.05) is 5.73 Å². The van der Waals surface area contributed by atoms with E-state index in [1.54, 1.807) is 12.3 Å². The summed E-state index contributed by atoms with van der Waals surface area (Å²) in [6.45, 7) is 0. The van der Waals surface area contributed by atoms with Crippen LogP contribution < -0.4 is 5.73 Å². The Morgan fingerprint density at radius 1 is 1.24 bits per heavy atom. The number of nitrogens with two attached hydrogens (primary N) is 1. The van der Waals surface area contributed by atoms with Crippen LogP contribution in [-0.4, -0.2) is 15.1 Å². The molecule has 0 fully saturated rings. The number of hydrogen-bond acceptors (Lipinski definition) is 5. The maximum Gasteiger partial charge on any atom is 0.260 e. The van der Waals surface area contributed by atoms with E-state index in [2.05, 4.69) is 47.0 Å². The Balaban J connectivity index is 2.06. The van der Waals surface area contributed by atoms with Gasteiger partial charge in [0.1, 0.15) is 11.5 Å². The molecule has 21 heavy (non-hydrogen) atoms. The van der Waals surface area contributed by atoms with Crippen molar-refractivity contribution in [2.24, 2.45) is 0 Å². The molecule has 2 N–H and O–H groups in total. The van der Waals surface area contributed by atoms with Gasteiger partial charge in [-0.05, 0) is 50.1 Å². The first kappa shape index (κ1) is 14.2. The number of aromatic nitrogens is 3. The van der Waals surface area contributed by atoms with Crippen molar-refractivity contribution in [3.8, 4) is 23.0 Å². The van der Waals surface area contributed by atoms with Crippen LogP contribution in [-0.2, 0) is 0 Å². The monoisotopic (exact) mass is 412 g/mol. The highest BCUT2D eigenvalue weighted by Gasteiger charge is 2.17. The largest absolute Gasteiger partial charge is 0.396 e. The smallest absolute Gasteiger partial charge is 0.260 e. The lowest BCUT2D eigenvalue weighted by Crippen LogP contribution is -1.94. The third kappa shape index (κ3) is 2.68. The molecular formula is C13H7Br2FN4O. The zero-order chi connectivity index (χ0) is 15.0. The molecule has 3 aromatic rings. The van der Waals surface area contributed by atoms with Gasteiger partial charge in [-0.25, -0.2) is 4.39 Å². The normalized spacial score (nSPS) is 10.8. The number of nitrogen functional groups attached to an aromatic ring is 1. The van der Waals surface area contributed by atoms with E-state index in [0.717, 1.165) is 4.47 Å². The fourth-order valence-corrected chi connectivity index (χ4v) is 2.90. The summed E-state index contributed by atoms with van der Waals surface area (Å²) < 4.78 is 20.1. The molecule has 3 rings (SSSR count). The van der Waals surface area contributed by atoms with Crippen LogP contribution >= 0.6 is 31.9 Å². The molecule has 0 unspecified atom stereocenters. The number of pyridine rings is 1. The Labute approximate surface area is 135 Å². The Hall–Kier alpha value is -1.80. The number of anilines is 1. The molecule has 0 atom stereocenters. The number of nitrogens with zero attached hydrogens (tertiary/aromatic N) is 3. The molecular weight excluding hydrogens is 407 g/mol. The standard InChI is InChI=1S/C13H7Br2FN4O/c14-6-4-8(15)11(18-5-6)12-19-13(21-20-12)7-2-1-3-9(16)10(7)17/h1-5H,17H2. The predicted octanol–water partition coefficient (Wildman–Crippen LogP) is 4.04. The summed E-state index contributed by atoms with van der Waals surface area (Å²) in [5, 5.41) is 3.85. The summed E-state index contributed by atoms with van der Waals surface area (Å²) in [5.41, 5.74) is 6.51. The van der Waals surface area contributed by atoms with Crippen LogP contribution in [0.4, 0.5) is 10.1 Å². The molecule has 0 amide bonds. The minimum absolute atomic E-state index is 0.0319. The number of rotatable bonds is 2. The fourth-order valence-electron chi connectivity index (χ4n) is 1.73. The lowest BCUT2D eigenvalue weighted by molar-refractivity contribution is 0.432. The first-order chi connectivity index (χ1) is 10.1. The molecule has 0 spiro atoms. The Morgan fingerprint density at radius 2 is 2.05 bits per heavy atom. The summed E-state index contributed by atoms with van der Waals surface area (Å²) in [6, 6.07) is 6.22. The van der Waals surface area contributed by atoms with Crippen LogP contribution in [0.25, 0.3) is 23.0 Å². The van der Waals surface area contributed by atoms with E-state index in [0.29, 0.717) is 15.7 Å². The number of halogens is 3. The average Bonchev–Trinajstić information content (AvgIpc) is 2.91. The third-order valence-electron chi connectivity index (χ3n) is 2.73. The lowest BCUT2D eigenvalue weighted by atomic mass is 10.2. The quantitative estimate of drug-likeness (QED) is 0.641. The zero-order valence-electron chi connectivity index (χ0n) is 10.3. The second-order valence-electron chi connectivity index (χ2n) is 4.11. The SMILES string of the molecule is Nc1c(F)cccc1-c1nc(-c2ncc(Br)cc2Br)no1. The van der Waals surface area contributed by atoms with Gasteiger partial charge in [-0.15, -0.1) is 0 Å². The van der Waals surface area contributed by atoms with Crippen molar-refractivity contribution in [1.29, 1.82) is 0 Å². The molecule has 5 nitrogen and oxygen atoms in total. The van der Waals surface area contributed by atoms with E-state index in [1.807, 2.05) is 6.07 Å². The predicted molar refractivity (Wildman–Crippen MR) is 82.7 cm³/mol. The van der Waals surface area contributed by atoms with Gasteiger partial charge in [-0.3, -0.25) is 4.98 Å². The van der Waals surface area contributed by atoms with E-state index >= 15 is 0 Å². The number of benzene rings is 1. The van der Waals surface area contributed by atoms with Crippen molar-refractivity contribution in [3.05, 3.63) is 45.2 Å². The van der Waals surface area contributed by atoms with Crippen LogP contribution in [0.5, 0.6) is 0 Å². The van der Waals surface area contributed by atoms with E-state index in [9.17, 15) is 4.39 Å². The highest BCUT2D eigenvalue weighted by atomic mass is 79.9. The zero-order valence-corrected chi connectivity index (χ0v) is 13.5. The van der Waals surface area contributed by atoms with E-state index < -0.39 is 5.82 Å². The van der Waals surface area contributed by atoms with Gasteiger partial charge in [0.15, 0.2) is 0 Å². The van der Waals surface area contributed by atoms with Crippen molar-refractivity contribution < 1.29 is 8.91 Å². The van der Waals surface area contributed by atoms with Crippen LogP contribution in [0.15, 0.2) is 43.9 Å². The molecule has 0 aliphatic carbocycles. The van der Waals surface area contributed by atoms with Crippen molar-refractivity contribution in [2.45, 2.75) is 0 Å². The number of hydrogen-bond donors (Lipinski definition) is 1. The molecule has 0 radical (unpaired) electrons. The first-order valence-electron chi connectivity index (χ1n) is 5.75. The minimum atomic E-state index is -0.532. The summed E-state index contributed by atoms with van der Waals surface area (Å²) in [5.74, 6) is -0.109. The highest BCUT2D eigenvalue weighted by Crippen LogP contribution is 2.30. The van der Waals surface area contributed by atoms with Crippen molar-refractivity contribution in [3.63, 3.8) is 0 Å². The van der Waals surface area contributed by atoms with Gasteiger partial charge in [0.05, 0.1) is 11.3 Å². The molecule has 0 aliphatic heterocycles. The van der Waals surface area contributed by atoms with Crippen molar-refractivity contribution >= 4 is 37.5 Å². The summed E-state index contributed by atoms with van der Waals surface area (Å²) in [4.78, 5) is 8.42. The molecule has 0 saturated carbocycles. The topological polar surface area (TPSA) is 77.8 Å². The third-order valence-corrected chi connectivity index (χ3v) is 3.77. The Morgan fingerprint density at radius 3 is 2.81 bits per heavy atom. The Kier molecular flexibility index (Phi) is 3.73. The van der Waals surface area contributed by atoms with Gasteiger partial charge in [-0.1, -0.05) is 11.2 Å². The van der Waals surface area contributed by atoms with Gasteiger partial charge in [0, 0.05) is 15.1 Å². The Bertz CT molecular complexity index is 822. The maximum atomic E-state index is 13.5. The average molecular weight is 414 g/mol. The molecule has 106 valence electrons. The molecule has 2 aromatic heterocycles. The van der Waals surface area contributed by atoms with Gasteiger partial charge in [0.2, 0.25) is 5.82 Å². The maximum absolute atomic E-state index is 13.5. The van der Waals surface area contributed by atoms with E-state index in [1.165, 1.54) is 12.1 Å². The summed E-state index contributed by atoms with van der Waals surface area (Å²) in [6.07, 6.45) is 1.62. The van der Waals surface area contributed by atoms with Crippen molar-refractivity contribution in [1.82, 2.24) is 15.1 Å². The fraction of sp³-hybridized carbons (Fsp3) is 0. The molecule has 0 bridgehead atoms. The van der Waals surface area contributed by atoms with Crippen LogP contribution in [0, 0.1) is 5.82 Å². The second-order valence-corrected chi connectivity index (χ2v) is 5.88. The molecule has 1 aromatic carbocycles. The molecule has 2 heterocycles. The lowest BCUT2D eigenvalue weighted by Gasteiger charge is -2.00. The molecule has 8 heteroatoms. The minimum Gasteiger partial charge on any atom is -0.396 e. The summed E-state index contributed by atoms with van der Waals surface area (Å²) in [7, 11) is 0. The second kappa shape index (κ2) is 5.53. The van der Waals surface area contributed by atoms with Gasteiger partial charge < -0.3 is 10.3 Å². The van der Waals surface area contributed by atoms with Gasteiger partial charge in [-0.2, -0.15) is 4.98 Å². The highest BCUT2D eigenvalue weighted by molar-refractivity contribution is 9.11. The van der Waals surface area contributed by atoms with E-state index in [4.69, 9.17) is 10.3 Å². The van der Waals surface area contributed by atoms with E-state index in [-0.39, 0.29) is 17.4 Å². The van der Waals surface area contributed by atoms with Crippen LogP contribution in [0.1, 0.15) is 0 Å². The van der Waals surface area contributed by atoms with Gasteiger partial charge >= 0.3 is 0 Å². The first-order valence-corrected chi connectivity index (χ1v) is 7.34. The molecule has 0 aliphatic rings. The van der Waals surface area contributed by atoms with Crippen LogP contribution in [0.3, 0.4) is 0 Å².